The number of hydrogen-bond acceptors (Lipinski definition) is 0. The van der Waals surface area contributed by atoms with Gasteiger partial charge in [0.15, 0.2) is 0 Å². The van der Waals surface area contributed by atoms with Gasteiger partial charge < -0.3 is 0 Å². The zero-order chi connectivity index (χ0) is 17.6. The molecule has 0 radical (unpaired) electrons. The van der Waals surface area contributed by atoms with Gasteiger partial charge in [-0.15, -0.1) is 15.8 Å². The highest BCUT2D eigenvalue weighted by Crippen LogP contribution is 2.51. The molecule has 0 bridgehead atoms. The summed E-state index contributed by atoms with van der Waals surface area (Å²) in [6.07, 6.45) is 24.3. The van der Waals surface area contributed by atoms with Gasteiger partial charge in [-0.2, -0.15) is 0 Å². The van der Waals surface area contributed by atoms with Crippen LogP contribution in [0.2, 0.25) is 0 Å². The topological polar surface area (TPSA) is 0 Å². The molecule has 0 aromatic heterocycles. The summed E-state index contributed by atoms with van der Waals surface area (Å²) in [6.45, 7) is 9.48. The second kappa shape index (κ2) is 15.0. The highest BCUT2D eigenvalue weighted by atomic mass is 31.1. The van der Waals surface area contributed by atoms with Crippen LogP contribution >= 0.6 is 15.8 Å². The van der Waals surface area contributed by atoms with Gasteiger partial charge in [-0.05, 0) is 87.3 Å². The Bertz CT molecular complexity index is 235. The van der Waals surface area contributed by atoms with Gasteiger partial charge in [-0.25, -0.2) is 0 Å². The molecule has 1 aliphatic carbocycles. The fourth-order valence-corrected chi connectivity index (χ4v) is 10.4. The van der Waals surface area contributed by atoms with E-state index in [0.29, 0.717) is 15.8 Å². The molecule has 0 aliphatic heterocycles. The molecule has 1 fully saturated rings. The van der Waals surface area contributed by atoms with E-state index in [9.17, 15) is 0 Å². The molecular formula is C22H46P2. The van der Waals surface area contributed by atoms with Crippen LogP contribution in [0, 0.1) is 11.8 Å². The van der Waals surface area contributed by atoms with Crippen LogP contribution in [0.15, 0.2) is 0 Å². The number of hydrogen-bond donors (Lipinski definition) is 0. The van der Waals surface area contributed by atoms with Crippen molar-refractivity contribution >= 4 is 15.8 Å². The quantitative estimate of drug-likeness (QED) is 0.240. The average molecular weight is 373 g/mol. The van der Waals surface area contributed by atoms with Crippen molar-refractivity contribution in [2.45, 2.75) is 91.9 Å². The van der Waals surface area contributed by atoms with E-state index in [-0.39, 0.29) is 0 Å². The normalized spacial score (nSPS) is 20.8. The van der Waals surface area contributed by atoms with E-state index >= 15 is 0 Å². The fourth-order valence-electron chi connectivity index (χ4n) is 3.90. The van der Waals surface area contributed by atoms with Crippen LogP contribution in [0.3, 0.4) is 0 Å². The minimum Gasteiger partial charge on any atom is -0.106 e. The molecule has 0 saturated heterocycles. The van der Waals surface area contributed by atoms with Gasteiger partial charge in [0.25, 0.3) is 0 Å². The van der Waals surface area contributed by atoms with Gasteiger partial charge in [0.05, 0.1) is 0 Å². The van der Waals surface area contributed by atoms with E-state index < -0.39 is 0 Å². The Hall–Kier alpha value is 0.860. The molecular weight excluding hydrogens is 326 g/mol. The van der Waals surface area contributed by atoms with Crippen molar-refractivity contribution < 1.29 is 0 Å². The standard InChI is InChI=1S/C22H46P2/c1-5-9-15-23(16-10-6-2)19-21-13-14-22(21)20-24(17-11-7-3)18-12-8-4/h21-22H,5-20H2,1-4H3. The maximum Gasteiger partial charge on any atom is -0.0295 e. The summed E-state index contributed by atoms with van der Waals surface area (Å²) >= 11 is 0. The molecule has 24 heavy (non-hydrogen) atoms. The first-order valence-electron chi connectivity index (χ1n) is 11.2. The average Bonchev–Trinajstić information content (AvgIpc) is 2.59. The van der Waals surface area contributed by atoms with Gasteiger partial charge >= 0.3 is 0 Å². The van der Waals surface area contributed by atoms with Gasteiger partial charge in [0.1, 0.15) is 0 Å². The minimum atomic E-state index is 0.367. The largest absolute Gasteiger partial charge is 0.106 e. The molecule has 0 aromatic rings. The van der Waals surface area contributed by atoms with Gasteiger partial charge in [-0.1, -0.05) is 53.4 Å². The van der Waals surface area contributed by atoms with Crippen LogP contribution < -0.4 is 0 Å². The summed E-state index contributed by atoms with van der Waals surface area (Å²) in [5.74, 6) is 2.27. The van der Waals surface area contributed by atoms with Crippen LogP contribution in [-0.4, -0.2) is 37.0 Å². The first-order chi connectivity index (χ1) is 11.7. The molecule has 1 saturated carbocycles. The molecule has 0 aromatic carbocycles. The van der Waals surface area contributed by atoms with Crippen molar-refractivity contribution in [3.63, 3.8) is 0 Å². The summed E-state index contributed by atoms with van der Waals surface area (Å²) < 4.78 is 0. The van der Waals surface area contributed by atoms with Crippen LogP contribution in [0.1, 0.15) is 91.9 Å². The van der Waals surface area contributed by atoms with Crippen molar-refractivity contribution in [1.29, 1.82) is 0 Å². The van der Waals surface area contributed by atoms with E-state index in [2.05, 4.69) is 27.7 Å². The Morgan fingerprint density at radius 2 is 0.833 bits per heavy atom. The van der Waals surface area contributed by atoms with E-state index in [1.807, 2.05) is 0 Å². The summed E-state index contributed by atoms with van der Waals surface area (Å²) in [7, 11) is 0.734. The van der Waals surface area contributed by atoms with E-state index in [1.165, 1.54) is 51.4 Å². The second-order valence-corrected chi connectivity index (χ2v) is 13.3. The molecule has 0 heterocycles. The molecule has 2 unspecified atom stereocenters. The molecule has 0 spiro atoms. The summed E-state index contributed by atoms with van der Waals surface area (Å²) in [5, 5.41) is 0. The van der Waals surface area contributed by atoms with Gasteiger partial charge in [-0.3, -0.25) is 0 Å². The number of rotatable bonds is 16. The van der Waals surface area contributed by atoms with Crippen LogP contribution in [-0.2, 0) is 0 Å². The Morgan fingerprint density at radius 1 is 0.542 bits per heavy atom. The molecule has 1 rings (SSSR count). The Morgan fingerprint density at radius 3 is 1.04 bits per heavy atom. The Labute approximate surface area is 156 Å². The first-order valence-corrected chi connectivity index (χ1v) is 15.0. The zero-order valence-corrected chi connectivity index (χ0v) is 19.2. The summed E-state index contributed by atoms with van der Waals surface area (Å²) in [5.41, 5.74) is 0. The maximum absolute atomic E-state index is 2.37. The highest BCUT2D eigenvalue weighted by molar-refractivity contribution is 7.58. The SMILES string of the molecule is CCCCP(CCCC)CC1CCC1CP(CCCC)CCCC. The third-order valence-corrected chi connectivity index (χ3v) is 11.6. The van der Waals surface area contributed by atoms with Crippen molar-refractivity contribution in [3.05, 3.63) is 0 Å². The molecule has 2 heteroatoms. The van der Waals surface area contributed by atoms with Crippen LogP contribution in [0.5, 0.6) is 0 Å². The predicted molar refractivity (Wildman–Crippen MR) is 119 cm³/mol. The Balaban J connectivity index is 2.41. The molecule has 1 aliphatic rings. The predicted octanol–water partition coefficient (Wildman–Crippen LogP) is 8.18. The van der Waals surface area contributed by atoms with Gasteiger partial charge in [0.2, 0.25) is 0 Å². The third-order valence-electron chi connectivity index (χ3n) is 5.87. The van der Waals surface area contributed by atoms with Crippen molar-refractivity contribution in [2.75, 3.05) is 37.0 Å². The fraction of sp³-hybridized carbons (Fsp3) is 1.00. The molecule has 0 N–H and O–H groups in total. The van der Waals surface area contributed by atoms with E-state index in [4.69, 9.17) is 0 Å². The smallest absolute Gasteiger partial charge is 0.0295 e. The van der Waals surface area contributed by atoms with Gasteiger partial charge in [0, 0.05) is 0 Å². The summed E-state index contributed by atoms with van der Waals surface area (Å²) in [6, 6.07) is 0. The lowest BCUT2D eigenvalue weighted by Crippen LogP contribution is -2.31. The lowest BCUT2D eigenvalue weighted by atomic mass is 9.76. The van der Waals surface area contributed by atoms with Crippen LogP contribution in [0.4, 0.5) is 0 Å². The molecule has 0 amide bonds. The van der Waals surface area contributed by atoms with Crippen LogP contribution in [0.25, 0.3) is 0 Å². The van der Waals surface area contributed by atoms with Crippen molar-refractivity contribution in [2.24, 2.45) is 11.8 Å². The molecule has 144 valence electrons. The maximum atomic E-state index is 2.37. The van der Waals surface area contributed by atoms with Crippen molar-refractivity contribution in [1.82, 2.24) is 0 Å². The number of unbranched alkanes of at least 4 members (excludes halogenated alkanes) is 4. The summed E-state index contributed by atoms with van der Waals surface area (Å²) in [4.78, 5) is 0. The Kier molecular flexibility index (Phi) is 14.3. The molecule has 0 nitrogen and oxygen atoms in total. The van der Waals surface area contributed by atoms with Crippen molar-refractivity contribution in [3.8, 4) is 0 Å². The van der Waals surface area contributed by atoms with E-state index in [0.717, 1.165) is 11.8 Å². The van der Waals surface area contributed by atoms with E-state index in [1.54, 1.807) is 49.8 Å². The lowest BCUT2D eigenvalue weighted by molar-refractivity contribution is 0.226. The minimum absolute atomic E-state index is 0.367. The second-order valence-electron chi connectivity index (χ2n) is 8.11. The lowest BCUT2D eigenvalue weighted by Gasteiger charge is -2.41. The molecule has 2 atom stereocenters. The first kappa shape index (κ1) is 22.9. The monoisotopic (exact) mass is 372 g/mol. The zero-order valence-electron chi connectivity index (χ0n) is 17.4. The highest BCUT2D eigenvalue weighted by Gasteiger charge is 2.33. The third kappa shape index (κ3) is 9.53.